The number of rotatable bonds is 6. The number of hydrogen-bond acceptors (Lipinski definition) is 4. The topological polar surface area (TPSA) is 46.2 Å². The quantitative estimate of drug-likeness (QED) is 0.872. The van der Waals surface area contributed by atoms with Crippen molar-refractivity contribution < 1.29 is 8.42 Å². The molecule has 0 radical (unpaired) electrons. The predicted octanol–water partition coefficient (Wildman–Crippen LogP) is 3.57. The summed E-state index contributed by atoms with van der Waals surface area (Å²) in [5, 5.41) is 3.36. The fourth-order valence-corrected chi connectivity index (χ4v) is 5.28. The van der Waals surface area contributed by atoms with Crippen LogP contribution in [0.5, 0.6) is 0 Å². The standard InChI is InChI=1S/C15H23NO2S2/c1-3-11-20(17,18)14-8-5-4-7-13(14)16-12-15(2)9-6-10-19-15/h4-5,7-8,16H,3,6,9-12H2,1-2H3. The molecule has 0 bridgehead atoms. The maximum absolute atomic E-state index is 12.3. The molecular weight excluding hydrogens is 290 g/mol. The third kappa shape index (κ3) is 3.70. The predicted molar refractivity (Wildman–Crippen MR) is 87.4 cm³/mol. The minimum Gasteiger partial charge on any atom is -0.383 e. The molecule has 0 saturated carbocycles. The smallest absolute Gasteiger partial charge is 0.180 e. The second-order valence-corrected chi connectivity index (χ2v) is 9.33. The first-order chi connectivity index (χ1) is 9.47. The van der Waals surface area contributed by atoms with Gasteiger partial charge in [-0.1, -0.05) is 19.1 Å². The molecule has 1 aliphatic rings. The van der Waals surface area contributed by atoms with E-state index in [9.17, 15) is 8.42 Å². The van der Waals surface area contributed by atoms with Crippen LogP contribution in [0.2, 0.25) is 0 Å². The third-order valence-electron chi connectivity index (χ3n) is 3.65. The van der Waals surface area contributed by atoms with Crippen LogP contribution < -0.4 is 5.32 Å². The summed E-state index contributed by atoms with van der Waals surface area (Å²) in [5.74, 6) is 1.41. The molecule has 1 unspecified atom stereocenters. The molecule has 112 valence electrons. The van der Waals surface area contributed by atoms with Crippen LogP contribution in [0.15, 0.2) is 29.2 Å². The molecule has 1 aliphatic heterocycles. The molecule has 0 spiro atoms. The minimum absolute atomic E-state index is 0.206. The van der Waals surface area contributed by atoms with Crippen LogP contribution in [0.4, 0.5) is 5.69 Å². The molecule has 1 fully saturated rings. The summed E-state index contributed by atoms with van der Waals surface area (Å²) >= 11 is 1.98. The van der Waals surface area contributed by atoms with Crippen LogP contribution in [0.1, 0.15) is 33.1 Å². The molecule has 0 aliphatic carbocycles. The van der Waals surface area contributed by atoms with Gasteiger partial charge in [-0.25, -0.2) is 8.42 Å². The van der Waals surface area contributed by atoms with Crippen molar-refractivity contribution in [2.24, 2.45) is 0 Å². The first-order valence-electron chi connectivity index (χ1n) is 7.16. The monoisotopic (exact) mass is 313 g/mol. The van der Waals surface area contributed by atoms with Gasteiger partial charge in [0.25, 0.3) is 0 Å². The van der Waals surface area contributed by atoms with Crippen LogP contribution in [0, 0.1) is 0 Å². The molecule has 1 aromatic carbocycles. The molecule has 1 aromatic rings. The lowest BCUT2D eigenvalue weighted by molar-refractivity contribution is 0.594. The van der Waals surface area contributed by atoms with Crippen LogP contribution in [-0.2, 0) is 9.84 Å². The van der Waals surface area contributed by atoms with E-state index in [0.717, 1.165) is 12.2 Å². The number of para-hydroxylation sites is 1. The van der Waals surface area contributed by atoms with E-state index >= 15 is 0 Å². The zero-order valence-corrected chi connectivity index (χ0v) is 13.8. The molecule has 1 heterocycles. The molecule has 0 aromatic heterocycles. The Balaban J connectivity index is 2.16. The fourth-order valence-electron chi connectivity index (χ4n) is 2.52. The Morgan fingerprint density at radius 1 is 1.35 bits per heavy atom. The van der Waals surface area contributed by atoms with Crippen molar-refractivity contribution in [2.75, 3.05) is 23.4 Å². The summed E-state index contributed by atoms with van der Waals surface area (Å²) in [6.07, 6.45) is 3.08. The van der Waals surface area contributed by atoms with Crippen LogP contribution >= 0.6 is 11.8 Å². The normalized spacial score (nSPS) is 22.9. The van der Waals surface area contributed by atoms with Crippen molar-refractivity contribution in [3.8, 4) is 0 Å². The second kappa shape index (κ2) is 6.39. The van der Waals surface area contributed by atoms with Gasteiger partial charge in [0.05, 0.1) is 16.3 Å². The van der Waals surface area contributed by atoms with E-state index in [-0.39, 0.29) is 10.5 Å². The second-order valence-electron chi connectivity index (χ2n) is 5.57. The van der Waals surface area contributed by atoms with E-state index in [0.29, 0.717) is 11.3 Å². The maximum Gasteiger partial charge on any atom is 0.180 e. The van der Waals surface area contributed by atoms with Gasteiger partial charge in [0.2, 0.25) is 0 Å². The molecule has 0 amide bonds. The van der Waals surface area contributed by atoms with E-state index in [4.69, 9.17) is 0 Å². The summed E-state index contributed by atoms with van der Waals surface area (Å²) in [6.45, 7) is 4.96. The average Bonchev–Trinajstić information content (AvgIpc) is 2.84. The summed E-state index contributed by atoms with van der Waals surface area (Å²) < 4.78 is 24.8. The Morgan fingerprint density at radius 3 is 2.75 bits per heavy atom. The van der Waals surface area contributed by atoms with E-state index in [1.165, 1.54) is 18.6 Å². The number of nitrogens with one attached hydrogen (secondary N) is 1. The van der Waals surface area contributed by atoms with E-state index in [1.54, 1.807) is 12.1 Å². The lowest BCUT2D eigenvalue weighted by atomic mass is 10.1. The fraction of sp³-hybridized carbons (Fsp3) is 0.600. The highest BCUT2D eigenvalue weighted by atomic mass is 32.2. The van der Waals surface area contributed by atoms with Crippen molar-refractivity contribution in [1.29, 1.82) is 0 Å². The molecule has 1 atom stereocenters. The minimum atomic E-state index is -3.18. The van der Waals surface area contributed by atoms with Crippen molar-refractivity contribution in [1.82, 2.24) is 0 Å². The van der Waals surface area contributed by atoms with Crippen molar-refractivity contribution in [3.63, 3.8) is 0 Å². The van der Waals surface area contributed by atoms with Crippen molar-refractivity contribution >= 4 is 27.3 Å². The maximum atomic E-state index is 12.3. The highest BCUT2D eigenvalue weighted by Crippen LogP contribution is 2.38. The zero-order chi connectivity index (χ0) is 14.6. The lowest BCUT2D eigenvalue weighted by Gasteiger charge is -2.24. The first-order valence-corrected chi connectivity index (χ1v) is 9.80. The third-order valence-corrected chi connectivity index (χ3v) is 7.16. The van der Waals surface area contributed by atoms with Crippen LogP contribution in [0.25, 0.3) is 0 Å². The van der Waals surface area contributed by atoms with E-state index in [2.05, 4.69) is 12.2 Å². The van der Waals surface area contributed by atoms with Crippen LogP contribution in [-0.4, -0.2) is 31.2 Å². The van der Waals surface area contributed by atoms with Gasteiger partial charge >= 0.3 is 0 Å². The van der Waals surface area contributed by atoms with Gasteiger partial charge in [0, 0.05) is 11.3 Å². The summed E-state index contributed by atoms with van der Waals surface area (Å²) in [6, 6.07) is 7.25. The molecule has 2 rings (SSSR count). The van der Waals surface area contributed by atoms with Crippen molar-refractivity contribution in [2.45, 2.75) is 42.8 Å². The average molecular weight is 313 g/mol. The number of benzene rings is 1. The summed E-state index contributed by atoms with van der Waals surface area (Å²) in [5.41, 5.74) is 0.745. The van der Waals surface area contributed by atoms with Gasteiger partial charge in [-0.2, -0.15) is 11.8 Å². The zero-order valence-electron chi connectivity index (χ0n) is 12.2. The highest BCUT2D eigenvalue weighted by molar-refractivity contribution is 8.00. The van der Waals surface area contributed by atoms with E-state index < -0.39 is 9.84 Å². The summed E-state index contributed by atoms with van der Waals surface area (Å²) in [4.78, 5) is 0.438. The van der Waals surface area contributed by atoms with Gasteiger partial charge in [0.15, 0.2) is 9.84 Å². The Labute approximate surface area is 126 Å². The Bertz CT molecular complexity index is 549. The van der Waals surface area contributed by atoms with Crippen molar-refractivity contribution in [3.05, 3.63) is 24.3 Å². The molecule has 1 N–H and O–H groups in total. The Kier molecular flexibility index (Phi) is 5.02. The molecular formula is C15H23NO2S2. The van der Waals surface area contributed by atoms with Gasteiger partial charge in [-0.15, -0.1) is 0 Å². The van der Waals surface area contributed by atoms with Gasteiger partial charge in [-0.05, 0) is 44.1 Å². The Morgan fingerprint density at radius 2 is 2.10 bits per heavy atom. The molecule has 3 nitrogen and oxygen atoms in total. The lowest BCUT2D eigenvalue weighted by Crippen LogP contribution is -2.27. The summed E-state index contributed by atoms with van der Waals surface area (Å²) in [7, 11) is -3.18. The number of hydrogen-bond donors (Lipinski definition) is 1. The molecule has 5 heteroatoms. The number of thioether (sulfide) groups is 1. The number of sulfone groups is 1. The number of anilines is 1. The first kappa shape index (κ1) is 15.7. The Hall–Kier alpha value is -0.680. The molecule has 1 saturated heterocycles. The molecule has 20 heavy (non-hydrogen) atoms. The largest absolute Gasteiger partial charge is 0.383 e. The highest BCUT2D eigenvalue weighted by Gasteiger charge is 2.29. The van der Waals surface area contributed by atoms with Crippen LogP contribution in [0.3, 0.4) is 0 Å². The van der Waals surface area contributed by atoms with Gasteiger partial charge in [-0.3, -0.25) is 0 Å². The van der Waals surface area contributed by atoms with Gasteiger partial charge < -0.3 is 5.32 Å². The van der Waals surface area contributed by atoms with E-state index in [1.807, 2.05) is 30.8 Å². The van der Waals surface area contributed by atoms with Gasteiger partial charge in [0.1, 0.15) is 0 Å². The SMILES string of the molecule is CCCS(=O)(=O)c1ccccc1NCC1(C)CCCS1.